The van der Waals surface area contributed by atoms with Crippen molar-refractivity contribution in [3.05, 3.63) is 47.9 Å². The highest BCUT2D eigenvalue weighted by Gasteiger charge is 2.30. The summed E-state index contributed by atoms with van der Waals surface area (Å²) in [4.78, 5) is 8.81. The molecule has 2 aliphatic heterocycles. The molecule has 0 amide bonds. The quantitative estimate of drug-likeness (QED) is 0.888. The van der Waals surface area contributed by atoms with Gasteiger partial charge in [0.2, 0.25) is 5.88 Å². The number of rotatable bonds is 4. The van der Waals surface area contributed by atoms with Crippen molar-refractivity contribution in [2.45, 2.75) is 6.04 Å². The maximum atomic E-state index is 13.9. The van der Waals surface area contributed by atoms with Crippen LogP contribution in [-0.4, -0.2) is 58.0 Å². The SMILES string of the molecule is COc1ncc(F)cc1C1COCCN1c1ccccc1N1CCNCC1. The Labute approximate surface area is 158 Å². The first-order valence-electron chi connectivity index (χ1n) is 9.36. The fraction of sp³-hybridized carbons (Fsp3) is 0.450. The Morgan fingerprint density at radius 1 is 1.19 bits per heavy atom. The fourth-order valence-corrected chi connectivity index (χ4v) is 3.88. The van der Waals surface area contributed by atoms with E-state index in [-0.39, 0.29) is 11.9 Å². The number of methoxy groups -OCH3 is 1. The number of para-hydroxylation sites is 2. The highest BCUT2D eigenvalue weighted by molar-refractivity contribution is 5.72. The summed E-state index contributed by atoms with van der Waals surface area (Å²) in [5.41, 5.74) is 3.06. The van der Waals surface area contributed by atoms with Gasteiger partial charge >= 0.3 is 0 Å². The van der Waals surface area contributed by atoms with Crippen LogP contribution in [0.2, 0.25) is 0 Å². The summed E-state index contributed by atoms with van der Waals surface area (Å²) >= 11 is 0. The summed E-state index contributed by atoms with van der Waals surface area (Å²) in [6, 6.07) is 9.77. The van der Waals surface area contributed by atoms with Crippen LogP contribution in [0.4, 0.5) is 15.8 Å². The van der Waals surface area contributed by atoms with Crippen molar-refractivity contribution < 1.29 is 13.9 Å². The Kier molecular flexibility index (Phi) is 5.40. The molecule has 1 aromatic carbocycles. The number of anilines is 2. The molecule has 1 N–H and O–H groups in total. The van der Waals surface area contributed by atoms with Gasteiger partial charge in [-0.05, 0) is 18.2 Å². The second-order valence-corrected chi connectivity index (χ2v) is 6.76. The Morgan fingerprint density at radius 2 is 1.96 bits per heavy atom. The summed E-state index contributed by atoms with van der Waals surface area (Å²) in [6.45, 7) is 5.72. The van der Waals surface area contributed by atoms with E-state index in [1.165, 1.54) is 18.0 Å². The van der Waals surface area contributed by atoms with Crippen LogP contribution in [0, 0.1) is 5.82 Å². The van der Waals surface area contributed by atoms with Gasteiger partial charge in [-0.15, -0.1) is 0 Å². The van der Waals surface area contributed by atoms with E-state index in [0.717, 1.165) is 38.4 Å². The van der Waals surface area contributed by atoms with Crippen LogP contribution in [0.3, 0.4) is 0 Å². The first kappa shape index (κ1) is 18.0. The molecule has 0 bridgehead atoms. The molecule has 2 fully saturated rings. The average molecular weight is 372 g/mol. The lowest BCUT2D eigenvalue weighted by atomic mass is 10.0. The van der Waals surface area contributed by atoms with Crippen molar-refractivity contribution in [1.29, 1.82) is 0 Å². The molecule has 2 saturated heterocycles. The minimum absolute atomic E-state index is 0.152. The smallest absolute Gasteiger partial charge is 0.218 e. The highest BCUT2D eigenvalue weighted by Crippen LogP contribution is 2.38. The number of pyridine rings is 1. The molecular weight excluding hydrogens is 347 g/mol. The van der Waals surface area contributed by atoms with Crippen molar-refractivity contribution in [3.63, 3.8) is 0 Å². The molecule has 0 aliphatic carbocycles. The zero-order valence-electron chi connectivity index (χ0n) is 15.5. The second kappa shape index (κ2) is 8.10. The van der Waals surface area contributed by atoms with E-state index < -0.39 is 0 Å². The Hall–Kier alpha value is -2.38. The van der Waals surface area contributed by atoms with Crippen LogP contribution < -0.4 is 19.9 Å². The van der Waals surface area contributed by atoms with Crippen molar-refractivity contribution >= 4 is 11.4 Å². The molecule has 1 atom stereocenters. The zero-order valence-corrected chi connectivity index (χ0v) is 15.5. The van der Waals surface area contributed by atoms with Crippen LogP contribution in [0.25, 0.3) is 0 Å². The summed E-state index contributed by atoms with van der Waals surface area (Å²) in [5.74, 6) is 0.0725. The minimum Gasteiger partial charge on any atom is -0.481 e. The Balaban J connectivity index is 1.73. The molecular formula is C20H25FN4O2. The lowest BCUT2D eigenvalue weighted by molar-refractivity contribution is 0.0931. The van der Waals surface area contributed by atoms with E-state index in [1.54, 1.807) is 7.11 Å². The van der Waals surface area contributed by atoms with Crippen LogP contribution in [-0.2, 0) is 4.74 Å². The van der Waals surface area contributed by atoms with Gasteiger partial charge in [0.15, 0.2) is 0 Å². The van der Waals surface area contributed by atoms with Crippen LogP contribution in [0.15, 0.2) is 36.5 Å². The average Bonchev–Trinajstić information content (AvgIpc) is 2.74. The molecule has 2 aromatic rings. The monoisotopic (exact) mass is 372 g/mol. The standard InChI is InChI=1S/C20H25FN4O2/c1-26-20-16(12-15(21)13-23-20)19-14-27-11-10-25(19)18-5-3-2-4-17(18)24-8-6-22-7-9-24/h2-5,12-13,19,22H,6-11,14H2,1H3. The topological polar surface area (TPSA) is 49.9 Å². The summed E-state index contributed by atoms with van der Waals surface area (Å²) in [5, 5.41) is 3.40. The molecule has 0 spiro atoms. The maximum Gasteiger partial charge on any atom is 0.218 e. The third-order valence-corrected chi connectivity index (χ3v) is 5.18. The van der Waals surface area contributed by atoms with Crippen molar-refractivity contribution in [3.8, 4) is 5.88 Å². The van der Waals surface area contributed by atoms with Crippen LogP contribution in [0.1, 0.15) is 11.6 Å². The van der Waals surface area contributed by atoms with Crippen LogP contribution >= 0.6 is 0 Å². The van der Waals surface area contributed by atoms with Gasteiger partial charge < -0.3 is 24.6 Å². The molecule has 7 heteroatoms. The van der Waals surface area contributed by atoms with Gasteiger partial charge in [-0.3, -0.25) is 0 Å². The number of nitrogens with one attached hydrogen (secondary N) is 1. The molecule has 4 rings (SSSR count). The first-order chi connectivity index (χ1) is 13.3. The van der Waals surface area contributed by atoms with Gasteiger partial charge in [0.25, 0.3) is 0 Å². The Bertz CT molecular complexity index is 782. The third kappa shape index (κ3) is 3.70. The maximum absolute atomic E-state index is 13.9. The van der Waals surface area contributed by atoms with E-state index in [4.69, 9.17) is 9.47 Å². The molecule has 1 aromatic heterocycles. The number of halogens is 1. The van der Waals surface area contributed by atoms with Gasteiger partial charge in [-0.2, -0.15) is 0 Å². The van der Waals surface area contributed by atoms with Gasteiger partial charge in [0, 0.05) is 38.3 Å². The van der Waals surface area contributed by atoms with E-state index in [1.807, 2.05) is 0 Å². The first-order valence-corrected chi connectivity index (χ1v) is 9.36. The predicted molar refractivity (Wildman–Crippen MR) is 103 cm³/mol. The second-order valence-electron chi connectivity index (χ2n) is 6.76. The number of ether oxygens (including phenoxy) is 2. The van der Waals surface area contributed by atoms with E-state index in [2.05, 4.69) is 44.4 Å². The molecule has 27 heavy (non-hydrogen) atoms. The minimum atomic E-state index is -0.369. The van der Waals surface area contributed by atoms with Crippen molar-refractivity contribution in [2.75, 3.05) is 62.8 Å². The molecule has 3 heterocycles. The molecule has 144 valence electrons. The number of aromatic nitrogens is 1. The number of hydrogen-bond donors (Lipinski definition) is 1. The van der Waals surface area contributed by atoms with Gasteiger partial charge in [0.1, 0.15) is 5.82 Å². The lowest BCUT2D eigenvalue weighted by Gasteiger charge is -2.41. The lowest BCUT2D eigenvalue weighted by Crippen LogP contribution is -2.45. The third-order valence-electron chi connectivity index (χ3n) is 5.18. The van der Waals surface area contributed by atoms with Gasteiger partial charge in [-0.25, -0.2) is 9.37 Å². The number of benzene rings is 1. The van der Waals surface area contributed by atoms with Crippen molar-refractivity contribution in [1.82, 2.24) is 10.3 Å². The molecule has 0 saturated carbocycles. The Morgan fingerprint density at radius 3 is 2.74 bits per heavy atom. The number of hydrogen-bond acceptors (Lipinski definition) is 6. The largest absolute Gasteiger partial charge is 0.481 e. The van der Waals surface area contributed by atoms with E-state index in [9.17, 15) is 4.39 Å². The van der Waals surface area contributed by atoms with Crippen molar-refractivity contribution in [2.24, 2.45) is 0 Å². The molecule has 0 radical (unpaired) electrons. The molecule has 1 unspecified atom stereocenters. The summed E-state index contributed by atoms with van der Waals surface area (Å²) < 4.78 is 25.1. The van der Waals surface area contributed by atoms with E-state index >= 15 is 0 Å². The van der Waals surface area contributed by atoms with E-state index in [0.29, 0.717) is 24.7 Å². The van der Waals surface area contributed by atoms with Gasteiger partial charge in [0.05, 0.1) is 43.9 Å². The summed E-state index contributed by atoms with van der Waals surface area (Å²) in [6.07, 6.45) is 1.19. The molecule has 6 nitrogen and oxygen atoms in total. The number of piperazine rings is 1. The van der Waals surface area contributed by atoms with Gasteiger partial charge in [-0.1, -0.05) is 12.1 Å². The zero-order chi connectivity index (χ0) is 18.6. The predicted octanol–water partition coefficient (Wildman–Crippen LogP) is 2.22. The highest BCUT2D eigenvalue weighted by atomic mass is 19.1. The fourth-order valence-electron chi connectivity index (χ4n) is 3.88. The van der Waals surface area contributed by atoms with Crippen LogP contribution in [0.5, 0.6) is 5.88 Å². The summed E-state index contributed by atoms with van der Waals surface area (Å²) in [7, 11) is 1.56. The normalized spacial score (nSPS) is 20.6. The number of morpholine rings is 1. The number of nitrogens with zero attached hydrogens (tertiary/aromatic N) is 3. The molecule has 2 aliphatic rings.